The molecule has 7 N–H and O–H groups in total. The fourth-order valence-corrected chi connectivity index (χ4v) is 2.09. The molecule has 18 heavy (non-hydrogen) atoms. The minimum atomic E-state index is -4.75. The Labute approximate surface area is 101 Å². The summed E-state index contributed by atoms with van der Waals surface area (Å²) in [4.78, 5) is 12.6. The Hall–Kier alpha value is -1.94. The highest BCUT2D eigenvalue weighted by Gasteiger charge is 2.22. The van der Waals surface area contributed by atoms with Crippen molar-refractivity contribution in [2.45, 2.75) is 4.90 Å². The highest BCUT2D eigenvalue weighted by Crippen LogP contribution is 2.26. The molecule has 0 spiro atoms. The van der Waals surface area contributed by atoms with Gasteiger partial charge in [-0.15, -0.1) is 0 Å². The van der Waals surface area contributed by atoms with E-state index in [0.29, 0.717) is 0 Å². The van der Waals surface area contributed by atoms with E-state index in [4.69, 9.17) is 4.55 Å². The van der Waals surface area contributed by atoms with Gasteiger partial charge in [0, 0.05) is 5.39 Å². The van der Waals surface area contributed by atoms with Crippen LogP contribution in [0.25, 0.3) is 10.9 Å². The first-order valence-electron chi connectivity index (χ1n) is 4.23. The summed E-state index contributed by atoms with van der Waals surface area (Å²) in [6.45, 7) is 0. The monoisotopic (exact) mass is 277 g/mol. The molecule has 0 fully saturated rings. The van der Waals surface area contributed by atoms with Gasteiger partial charge in [-0.25, -0.2) is 0 Å². The van der Waals surface area contributed by atoms with Crippen molar-refractivity contribution in [3.05, 3.63) is 34.6 Å². The first kappa shape index (κ1) is 16.1. The minimum Gasteiger partial charge on any atom is -0.506 e. The average Bonchev–Trinajstić information content (AvgIpc) is 2.15. The van der Waals surface area contributed by atoms with Gasteiger partial charge in [0.15, 0.2) is 5.75 Å². The van der Waals surface area contributed by atoms with Crippen LogP contribution < -0.4 is 5.56 Å². The largest absolute Gasteiger partial charge is 0.506 e. The summed E-state index contributed by atoms with van der Waals surface area (Å²) in [5.41, 5.74) is -0.768. The molecule has 0 atom stereocenters. The van der Waals surface area contributed by atoms with Crippen molar-refractivity contribution >= 4 is 21.0 Å². The Morgan fingerprint density at radius 1 is 1.11 bits per heavy atom. The van der Waals surface area contributed by atoms with Gasteiger partial charge in [-0.3, -0.25) is 9.35 Å². The van der Waals surface area contributed by atoms with Crippen molar-refractivity contribution in [3.8, 4) is 5.75 Å². The highest BCUT2D eigenvalue weighted by atomic mass is 32.2. The fraction of sp³-hybridized carbons (Fsp3) is 0. The van der Waals surface area contributed by atoms with Gasteiger partial charge in [-0.1, -0.05) is 12.1 Å². The van der Waals surface area contributed by atoms with Crippen molar-refractivity contribution in [2.24, 2.45) is 0 Å². The van der Waals surface area contributed by atoms with E-state index >= 15 is 0 Å². The quantitative estimate of drug-likeness (QED) is 0.556. The Bertz CT molecular complexity index is 719. The van der Waals surface area contributed by atoms with Crippen LogP contribution in [0.3, 0.4) is 0 Å². The number of rotatable bonds is 1. The second-order valence-corrected chi connectivity index (χ2v) is 4.51. The molecule has 1 heterocycles. The molecule has 0 radical (unpaired) electrons. The number of pyridine rings is 1. The first-order chi connectivity index (χ1) is 7.41. The zero-order chi connectivity index (χ0) is 11.9. The van der Waals surface area contributed by atoms with Gasteiger partial charge in [0.1, 0.15) is 0 Å². The third-order valence-corrected chi connectivity index (χ3v) is 3.00. The van der Waals surface area contributed by atoms with E-state index < -0.39 is 26.3 Å². The predicted molar refractivity (Wildman–Crippen MR) is 63.3 cm³/mol. The molecule has 0 saturated heterocycles. The van der Waals surface area contributed by atoms with Crippen LogP contribution in [-0.4, -0.2) is 34.0 Å². The Morgan fingerprint density at radius 2 is 1.67 bits per heavy atom. The smallest absolute Gasteiger partial charge is 0.303 e. The number of aromatic amines is 1. The predicted octanol–water partition coefficient (Wildman–Crippen LogP) is -1.17. The van der Waals surface area contributed by atoms with Gasteiger partial charge in [0.25, 0.3) is 5.56 Å². The molecule has 100 valence electrons. The van der Waals surface area contributed by atoms with Gasteiger partial charge < -0.3 is 21.0 Å². The van der Waals surface area contributed by atoms with Crippen molar-refractivity contribution in [1.29, 1.82) is 0 Å². The average molecular weight is 277 g/mol. The van der Waals surface area contributed by atoms with Crippen molar-refractivity contribution in [2.75, 3.05) is 0 Å². The van der Waals surface area contributed by atoms with E-state index in [9.17, 15) is 18.3 Å². The molecule has 0 aliphatic heterocycles. The van der Waals surface area contributed by atoms with E-state index in [1.54, 1.807) is 12.1 Å². The lowest BCUT2D eigenvalue weighted by molar-refractivity contribution is 0.445. The molecule has 0 bridgehead atoms. The van der Waals surface area contributed by atoms with Crippen LogP contribution >= 0.6 is 0 Å². The maximum Gasteiger partial charge on any atom is 0.303 e. The normalized spacial score (nSPS) is 10.5. The van der Waals surface area contributed by atoms with Gasteiger partial charge in [-0.2, -0.15) is 8.42 Å². The highest BCUT2D eigenvalue weighted by molar-refractivity contribution is 7.86. The molecule has 0 aliphatic carbocycles. The van der Waals surface area contributed by atoms with Gasteiger partial charge in [0.05, 0.1) is 5.52 Å². The summed E-state index contributed by atoms with van der Waals surface area (Å²) in [5, 5.41) is 9.75. The van der Waals surface area contributed by atoms with Crippen LogP contribution in [0.1, 0.15) is 0 Å². The second kappa shape index (κ2) is 5.14. The van der Waals surface area contributed by atoms with E-state index in [0.717, 1.165) is 0 Å². The lowest BCUT2D eigenvalue weighted by Gasteiger charge is -2.04. The molecular formula is C9H11NO7S. The molecule has 0 saturated carbocycles. The number of hydrogen-bond donors (Lipinski definition) is 3. The zero-order valence-electron chi connectivity index (χ0n) is 8.84. The molecule has 9 heteroatoms. The number of aromatic nitrogens is 1. The molecule has 1 aromatic heterocycles. The number of aromatic hydroxyl groups is 1. The molecular weight excluding hydrogens is 266 g/mol. The van der Waals surface area contributed by atoms with Crippen molar-refractivity contribution in [1.82, 2.24) is 4.98 Å². The lowest BCUT2D eigenvalue weighted by atomic mass is 10.2. The summed E-state index contributed by atoms with van der Waals surface area (Å²) >= 11 is 0. The molecule has 0 amide bonds. The summed E-state index contributed by atoms with van der Waals surface area (Å²) in [5.74, 6) is -0.748. The standard InChI is InChI=1S/C9H7NO5S.2H2O/c11-7-5-3-1-2-4-6(5)10-9(12)8(7)16(13,14)15;;/h1-4H,(H2,10,11,12)(H,13,14,15);2*1H2. The molecule has 2 rings (SSSR count). The number of nitrogens with one attached hydrogen (secondary N) is 1. The summed E-state index contributed by atoms with van der Waals surface area (Å²) in [7, 11) is -4.75. The SMILES string of the molecule is O.O.O=c1[nH]c2ccccc2c(O)c1S(=O)(=O)O. The zero-order valence-corrected chi connectivity index (χ0v) is 9.65. The molecule has 8 nitrogen and oxygen atoms in total. The minimum absolute atomic E-state index is 0. The number of hydrogen-bond acceptors (Lipinski definition) is 4. The first-order valence-corrected chi connectivity index (χ1v) is 5.67. The summed E-state index contributed by atoms with van der Waals surface area (Å²) in [6.07, 6.45) is 0. The lowest BCUT2D eigenvalue weighted by Crippen LogP contribution is -2.17. The molecule has 0 aliphatic rings. The Kier molecular flexibility index (Phi) is 4.59. The third kappa shape index (κ3) is 2.49. The van der Waals surface area contributed by atoms with Gasteiger partial charge in [0.2, 0.25) is 4.90 Å². The number of benzene rings is 1. The third-order valence-electron chi connectivity index (χ3n) is 2.11. The van der Waals surface area contributed by atoms with Crippen LogP contribution in [0.5, 0.6) is 5.75 Å². The Balaban J connectivity index is 0.00000144. The van der Waals surface area contributed by atoms with E-state index in [2.05, 4.69) is 4.98 Å². The van der Waals surface area contributed by atoms with Crippen LogP contribution in [0, 0.1) is 0 Å². The van der Waals surface area contributed by atoms with E-state index in [1.165, 1.54) is 12.1 Å². The Morgan fingerprint density at radius 3 is 2.22 bits per heavy atom. The second-order valence-electron chi connectivity index (χ2n) is 3.15. The van der Waals surface area contributed by atoms with Crippen LogP contribution in [0.15, 0.2) is 34.0 Å². The maximum atomic E-state index is 11.3. The maximum absolute atomic E-state index is 11.3. The number of H-pyrrole nitrogens is 1. The van der Waals surface area contributed by atoms with Gasteiger partial charge >= 0.3 is 10.1 Å². The van der Waals surface area contributed by atoms with Crippen LogP contribution in [0.2, 0.25) is 0 Å². The molecule has 1 aromatic carbocycles. The van der Waals surface area contributed by atoms with Crippen LogP contribution in [0.4, 0.5) is 0 Å². The van der Waals surface area contributed by atoms with E-state index in [1.807, 2.05) is 0 Å². The summed E-state index contributed by atoms with van der Waals surface area (Å²) < 4.78 is 30.6. The fourth-order valence-electron chi connectivity index (χ4n) is 1.45. The van der Waals surface area contributed by atoms with Crippen molar-refractivity contribution in [3.63, 3.8) is 0 Å². The number of fused-ring (bicyclic) bond motifs is 1. The molecule has 2 aromatic rings. The van der Waals surface area contributed by atoms with Crippen molar-refractivity contribution < 1.29 is 29.0 Å². The van der Waals surface area contributed by atoms with Gasteiger partial charge in [-0.05, 0) is 12.1 Å². The number of para-hydroxylation sites is 1. The topological polar surface area (TPSA) is 170 Å². The van der Waals surface area contributed by atoms with E-state index in [-0.39, 0.29) is 21.9 Å². The molecule has 0 unspecified atom stereocenters. The summed E-state index contributed by atoms with van der Waals surface area (Å²) in [6, 6.07) is 6.11. The van der Waals surface area contributed by atoms with Crippen LogP contribution in [-0.2, 0) is 10.1 Å².